The first-order chi connectivity index (χ1) is 11.9. The molecule has 0 saturated carbocycles. The lowest BCUT2D eigenvalue weighted by atomic mass is 10.1. The van der Waals surface area contributed by atoms with Crippen molar-refractivity contribution in [2.45, 2.75) is 9.79 Å². The van der Waals surface area contributed by atoms with Crippen LogP contribution in [0.2, 0.25) is 0 Å². The molecule has 0 aliphatic rings. The largest absolute Gasteiger partial charge is 0.508 e. The Kier molecular flexibility index (Phi) is 3.40. The maximum absolute atomic E-state index is 13.0. The van der Waals surface area contributed by atoms with Crippen molar-refractivity contribution in [1.82, 2.24) is 0 Å². The van der Waals surface area contributed by atoms with Crippen LogP contribution in [-0.2, 0) is 9.84 Å². The fraction of sp³-hybridized carbons (Fsp3) is 0. The van der Waals surface area contributed by atoms with E-state index in [1.165, 1.54) is 24.3 Å². The smallest absolute Gasteiger partial charge is 0.206 e. The highest BCUT2D eigenvalue weighted by atomic mass is 32.2. The number of benzene rings is 4. The summed E-state index contributed by atoms with van der Waals surface area (Å²) in [5, 5.41) is 22.1. The molecule has 0 aliphatic carbocycles. The van der Waals surface area contributed by atoms with Crippen LogP contribution in [0.25, 0.3) is 21.5 Å². The SMILES string of the molecule is O=S(=O)(c1ccc2cc(O)ccc2c1)c1ccc2cc(O)ccc2c1. The van der Waals surface area contributed by atoms with Gasteiger partial charge in [-0.05, 0) is 70.1 Å². The van der Waals surface area contributed by atoms with Gasteiger partial charge in [-0.2, -0.15) is 0 Å². The maximum Gasteiger partial charge on any atom is 0.206 e. The second kappa shape index (κ2) is 5.50. The molecular formula is C20H14O4S. The second-order valence-corrected chi connectivity index (χ2v) is 7.84. The van der Waals surface area contributed by atoms with Gasteiger partial charge < -0.3 is 10.2 Å². The Hall–Kier alpha value is -3.05. The van der Waals surface area contributed by atoms with Crippen LogP contribution in [0.5, 0.6) is 11.5 Å². The first kappa shape index (κ1) is 15.5. The third kappa shape index (κ3) is 2.68. The van der Waals surface area contributed by atoms with E-state index in [1.54, 1.807) is 48.5 Å². The highest BCUT2D eigenvalue weighted by Crippen LogP contribution is 2.29. The van der Waals surface area contributed by atoms with Crippen LogP contribution in [0.1, 0.15) is 0 Å². The van der Waals surface area contributed by atoms with Crippen molar-refractivity contribution in [2.24, 2.45) is 0 Å². The van der Waals surface area contributed by atoms with E-state index in [9.17, 15) is 18.6 Å². The molecular weight excluding hydrogens is 336 g/mol. The molecule has 0 bridgehead atoms. The molecule has 0 spiro atoms. The van der Waals surface area contributed by atoms with Crippen molar-refractivity contribution in [2.75, 3.05) is 0 Å². The zero-order chi connectivity index (χ0) is 17.6. The van der Waals surface area contributed by atoms with Gasteiger partial charge in [-0.1, -0.05) is 24.3 Å². The predicted octanol–water partition coefficient (Wildman–Crippen LogP) is 4.24. The molecule has 0 amide bonds. The van der Waals surface area contributed by atoms with Crippen molar-refractivity contribution >= 4 is 31.4 Å². The summed E-state index contributed by atoms with van der Waals surface area (Å²) in [7, 11) is -3.67. The van der Waals surface area contributed by atoms with Gasteiger partial charge in [-0.15, -0.1) is 0 Å². The van der Waals surface area contributed by atoms with E-state index in [1.807, 2.05) is 0 Å². The van der Waals surface area contributed by atoms with Gasteiger partial charge in [0.15, 0.2) is 0 Å². The highest BCUT2D eigenvalue weighted by molar-refractivity contribution is 7.91. The molecule has 0 aromatic heterocycles. The summed E-state index contributed by atoms with van der Waals surface area (Å²) in [6.07, 6.45) is 0. The summed E-state index contributed by atoms with van der Waals surface area (Å²) in [5.74, 6) is 0.279. The quantitative estimate of drug-likeness (QED) is 0.567. The van der Waals surface area contributed by atoms with Gasteiger partial charge >= 0.3 is 0 Å². The van der Waals surface area contributed by atoms with Crippen LogP contribution in [0.3, 0.4) is 0 Å². The number of phenolic OH excluding ortho intramolecular Hbond substituents is 2. The molecule has 0 fully saturated rings. The zero-order valence-electron chi connectivity index (χ0n) is 13.0. The van der Waals surface area contributed by atoms with Gasteiger partial charge in [-0.3, -0.25) is 0 Å². The number of aromatic hydroxyl groups is 2. The van der Waals surface area contributed by atoms with Crippen molar-refractivity contribution in [3.05, 3.63) is 72.8 Å². The van der Waals surface area contributed by atoms with Crippen LogP contribution < -0.4 is 0 Å². The van der Waals surface area contributed by atoms with E-state index in [4.69, 9.17) is 0 Å². The summed E-state index contributed by atoms with van der Waals surface area (Å²) >= 11 is 0. The van der Waals surface area contributed by atoms with Crippen molar-refractivity contribution in [3.63, 3.8) is 0 Å². The average Bonchev–Trinajstić information content (AvgIpc) is 2.60. The second-order valence-electron chi connectivity index (χ2n) is 5.89. The first-order valence-corrected chi connectivity index (χ1v) is 9.12. The van der Waals surface area contributed by atoms with Gasteiger partial charge in [0.05, 0.1) is 9.79 Å². The Morgan fingerprint density at radius 1 is 0.520 bits per heavy atom. The van der Waals surface area contributed by atoms with Crippen LogP contribution in [0.4, 0.5) is 0 Å². The molecule has 0 unspecified atom stereocenters. The Labute approximate surface area is 144 Å². The molecule has 2 N–H and O–H groups in total. The van der Waals surface area contributed by atoms with E-state index in [-0.39, 0.29) is 21.3 Å². The summed E-state index contributed by atoms with van der Waals surface area (Å²) in [6.45, 7) is 0. The molecule has 5 heteroatoms. The molecule has 4 nitrogen and oxygen atoms in total. The standard InChI is InChI=1S/C20H14O4S/c21-17-5-1-15-11-19(7-3-13(15)9-17)25(23,24)20-8-4-14-10-18(22)6-2-16(14)12-20/h1-12,21-22H. The van der Waals surface area contributed by atoms with E-state index in [2.05, 4.69) is 0 Å². The van der Waals surface area contributed by atoms with Crippen molar-refractivity contribution in [3.8, 4) is 11.5 Å². The third-order valence-electron chi connectivity index (χ3n) is 4.21. The zero-order valence-corrected chi connectivity index (χ0v) is 13.9. The minimum Gasteiger partial charge on any atom is -0.508 e. The van der Waals surface area contributed by atoms with E-state index >= 15 is 0 Å². The van der Waals surface area contributed by atoms with E-state index in [0.717, 1.165) is 21.5 Å². The maximum atomic E-state index is 13.0. The summed E-state index contributed by atoms with van der Waals surface area (Å²) in [4.78, 5) is 0.396. The molecule has 4 rings (SSSR count). The number of sulfone groups is 1. The number of phenols is 2. The predicted molar refractivity (Wildman–Crippen MR) is 96.7 cm³/mol. The van der Waals surface area contributed by atoms with Gasteiger partial charge in [0, 0.05) is 0 Å². The molecule has 0 saturated heterocycles. The third-order valence-corrected chi connectivity index (χ3v) is 5.96. The molecule has 0 heterocycles. The molecule has 25 heavy (non-hydrogen) atoms. The highest BCUT2D eigenvalue weighted by Gasteiger charge is 2.18. The Bertz CT molecular complexity index is 1140. The molecule has 0 atom stereocenters. The van der Waals surface area contributed by atoms with Gasteiger partial charge in [0.1, 0.15) is 11.5 Å². The average molecular weight is 350 g/mol. The normalized spacial score (nSPS) is 11.8. The Balaban J connectivity index is 1.86. The number of rotatable bonds is 2. The van der Waals surface area contributed by atoms with E-state index in [0.29, 0.717) is 0 Å². The summed E-state index contributed by atoms with van der Waals surface area (Å²) < 4.78 is 25.9. The summed E-state index contributed by atoms with van der Waals surface area (Å²) in [6, 6.07) is 19.3. The fourth-order valence-electron chi connectivity index (χ4n) is 2.89. The van der Waals surface area contributed by atoms with Crippen LogP contribution in [0.15, 0.2) is 82.6 Å². The molecule has 124 valence electrons. The number of hydrogen-bond donors (Lipinski definition) is 2. The van der Waals surface area contributed by atoms with Crippen molar-refractivity contribution < 1.29 is 18.6 Å². The monoisotopic (exact) mass is 350 g/mol. The van der Waals surface area contributed by atoms with Gasteiger partial charge in [0.2, 0.25) is 9.84 Å². The van der Waals surface area contributed by atoms with Crippen LogP contribution in [0, 0.1) is 0 Å². The lowest BCUT2D eigenvalue weighted by molar-refractivity contribution is 0.475. The lowest BCUT2D eigenvalue weighted by Gasteiger charge is -2.08. The number of fused-ring (bicyclic) bond motifs is 2. The molecule has 4 aromatic rings. The van der Waals surface area contributed by atoms with Crippen LogP contribution in [-0.4, -0.2) is 18.6 Å². The van der Waals surface area contributed by atoms with Gasteiger partial charge in [0.25, 0.3) is 0 Å². The molecule has 4 aromatic carbocycles. The minimum absolute atomic E-state index is 0.140. The van der Waals surface area contributed by atoms with Gasteiger partial charge in [-0.25, -0.2) is 8.42 Å². The topological polar surface area (TPSA) is 74.6 Å². The molecule has 0 aliphatic heterocycles. The Morgan fingerprint density at radius 2 is 0.880 bits per heavy atom. The first-order valence-electron chi connectivity index (χ1n) is 7.64. The van der Waals surface area contributed by atoms with E-state index < -0.39 is 9.84 Å². The number of hydrogen-bond acceptors (Lipinski definition) is 4. The summed E-state index contributed by atoms with van der Waals surface area (Å²) in [5.41, 5.74) is 0. The fourth-order valence-corrected chi connectivity index (χ4v) is 4.22. The minimum atomic E-state index is -3.67. The molecule has 0 radical (unpaired) electrons. The Morgan fingerprint density at radius 3 is 1.32 bits per heavy atom. The lowest BCUT2D eigenvalue weighted by Crippen LogP contribution is -2.01. The van der Waals surface area contributed by atoms with Crippen molar-refractivity contribution in [1.29, 1.82) is 0 Å². The van der Waals surface area contributed by atoms with Crippen LogP contribution >= 0.6 is 0 Å².